The van der Waals surface area contributed by atoms with Gasteiger partial charge in [0.25, 0.3) is 5.91 Å². The number of ether oxygens (including phenoxy) is 1. The van der Waals surface area contributed by atoms with Crippen molar-refractivity contribution in [3.05, 3.63) is 58.8 Å². The minimum atomic E-state index is -0.329. The predicted octanol–water partition coefficient (Wildman–Crippen LogP) is 4.60. The lowest BCUT2D eigenvalue weighted by atomic mass is 10.1. The number of rotatable bonds is 8. The number of fused-ring (bicyclic) bond motifs is 1. The topological polar surface area (TPSA) is 79.9 Å². The molecule has 1 amide bonds. The van der Waals surface area contributed by atoms with E-state index >= 15 is 0 Å². The lowest BCUT2D eigenvalue weighted by Crippen LogP contribution is -2.31. The third-order valence-corrected chi connectivity index (χ3v) is 5.21. The first-order valence-corrected chi connectivity index (χ1v) is 9.89. The standard InChI is InChI=1S/C21H25ClN4O2/c1-4-15(5-2)28-19(14-10-24-13(3)25-11-14)12-26-21(27)17-6-7-18-16(20(17)22)8-9-23-18/h6-11,15,19,23H,4-5,12H2,1-3H3,(H,26,27). The van der Waals surface area contributed by atoms with Gasteiger partial charge in [-0.25, -0.2) is 9.97 Å². The number of aromatic nitrogens is 3. The van der Waals surface area contributed by atoms with Gasteiger partial charge in [-0.3, -0.25) is 4.79 Å². The highest BCUT2D eigenvalue weighted by Crippen LogP contribution is 2.27. The van der Waals surface area contributed by atoms with Crippen LogP contribution in [0.3, 0.4) is 0 Å². The van der Waals surface area contributed by atoms with Crippen molar-refractivity contribution in [2.75, 3.05) is 6.54 Å². The summed E-state index contributed by atoms with van der Waals surface area (Å²) >= 11 is 6.42. The summed E-state index contributed by atoms with van der Waals surface area (Å²) in [6.45, 7) is 6.31. The molecule has 2 aromatic heterocycles. The van der Waals surface area contributed by atoms with Gasteiger partial charge < -0.3 is 15.0 Å². The van der Waals surface area contributed by atoms with Crippen LogP contribution in [-0.2, 0) is 4.74 Å². The Bertz CT molecular complexity index is 935. The molecule has 0 fully saturated rings. The number of H-pyrrole nitrogens is 1. The number of carbonyl (C=O) groups excluding carboxylic acids is 1. The lowest BCUT2D eigenvalue weighted by molar-refractivity contribution is -0.0162. The first-order valence-electron chi connectivity index (χ1n) is 9.51. The van der Waals surface area contributed by atoms with Gasteiger partial charge in [0.1, 0.15) is 11.9 Å². The molecule has 0 saturated heterocycles. The number of carbonyl (C=O) groups is 1. The van der Waals surface area contributed by atoms with Gasteiger partial charge >= 0.3 is 0 Å². The van der Waals surface area contributed by atoms with Gasteiger partial charge in [-0.2, -0.15) is 0 Å². The maximum absolute atomic E-state index is 12.8. The summed E-state index contributed by atoms with van der Waals surface area (Å²) in [5.74, 6) is 0.458. The van der Waals surface area contributed by atoms with Crippen molar-refractivity contribution in [3.8, 4) is 0 Å². The molecule has 6 nitrogen and oxygen atoms in total. The van der Waals surface area contributed by atoms with E-state index in [9.17, 15) is 4.79 Å². The van der Waals surface area contributed by atoms with Crippen LogP contribution in [0.5, 0.6) is 0 Å². The van der Waals surface area contributed by atoms with Crippen LogP contribution >= 0.6 is 11.6 Å². The molecule has 0 aliphatic heterocycles. The van der Waals surface area contributed by atoms with Gasteiger partial charge in [0.15, 0.2) is 0 Å². The fraction of sp³-hybridized carbons (Fsp3) is 0.381. The molecular formula is C21H25ClN4O2. The molecule has 0 bridgehead atoms. The number of aryl methyl sites for hydroxylation is 1. The Labute approximate surface area is 169 Å². The van der Waals surface area contributed by atoms with Gasteiger partial charge in [-0.1, -0.05) is 25.4 Å². The molecule has 1 atom stereocenters. The summed E-state index contributed by atoms with van der Waals surface area (Å²) in [7, 11) is 0. The van der Waals surface area contributed by atoms with Gasteiger partial charge in [-0.05, 0) is 38.0 Å². The summed E-state index contributed by atoms with van der Waals surface area (Å²) in [6, 6.07) is 5.43. The van der Waals surface area contributed by atoms with Crippen LogP contribution in [0.2, 0.25) is 5.02 Å². The van der Waals surface area contributed by atoms with Crippen molar-refractivity contribution in [1.29, 1.82) is 0 Å². The Kier molecular flexibility index (Phi) is 6.65. The van der Waals surface area contributed by atoms with E-state index in [1.165, 1.54) is 0 Å². The quantitative estimate of drug-likeness (QED) is 0.579. The second-order valence-corrected chi connectivity index (χ2v) is 7.08. The van der Waals surface area contributed by atoms with Crippen molar-refractivity contribution in [2.45, 2.75) is 45.8 Å². The van der Waals surface area contributed by atoms with E-state index in [0.29, 0.717) is 23.0 Å². The zero-order chi connectivity index (χ0) is 20.1. The van der Waals surface area contributed by atoms with E-state index in [2.05, 4.69) is 34.1 Å². The number of nitrogens with one attached hydrogen (secondary N) is 2. The van der Waals surface area contributed by atoms with Crippen LogP contribution in [0.15, 0.2) is 36.8 Å². The minimum absolute atomic E-state index is 0.1000. The Hall–Kier alpha value is -2.44. The van der Waals surface area contributed by atoms with Crippen molar-refractivity contribution >= 4 is 28.4 Å². The second-order valence-electron chi connectivity index (χ2n) is 6.70. The molecule has 0 aliphatic rings. The van der Waals surface area contributed by atoms with Crippen LogP contribution in [0.1, 0.15) is 54.5 Å². The monoisotopic (exact) mass is 400 g/mol. The maximum Gasteiger partial charge on any atom is 0.252 e. The average molecular weight is 401 g/mol. The zero-order valence-electron chi connectivity index (χ0n) is 16.3. The molecule has 28 heavy (non-hydrogen) atoms. The molecular weight excluding hydrogens is 376 g/mol. The molecule has 0 spiro atoms. The normalized spacial score (nSPS) is 12.5. The van der Waals surface area contributed by atoms with Crippen LogP contribution in [0, 0.1) is 6.92 Å². The molecule has 2 N–H and O–H groups in total. The van der Waals surface area contributed by atoms with E-state index in [1.54, 1.807) is 24.7 Å². The predicted molar refractivity (Wildman–Crippen MR) is 111 cm³/mol. The molecule has 1 unspecified atom stereocenters. The van der Waals surface area contributed by atoms with Gasteiger partial charge in [0.05, 0.1) is 16.7 Å². The first-order chi connectivity index (χ1) is 13.5. The van der Waals surface area contributed by atoms with Crippen molar-refractivity contribution in [2.24, 2.45) is 0 Å². The highest BCUT2D eigenvalue weighted by molar-refractivity contribution is 6.38. The number of hydrogen-bond acceptors (Lipinski definition) is 4. The first kappa shape index (κ1) is 20.3. The van der Waals surface area contributed by atoms with Crippen molar-refractivity contribution < 1.29 is 9.53 Å². The molecule has 148 valence electrons. The average Bonchev–Trinajstić information content (AvgIpc) is 3.19. The van der Waals surface area contributed by atoms with Gasteiger partial charge in [0.2, 0.25) is 0 Å². The number of hydrogen-bond donors (Lipinski definition) is 2. The summed E-state index contributed by atoms with van der Waals surface area (Å²) in [5.41, 5.74) is 2.17. The Morgan fingerprint density at radius 3 is 2.61 bits per heavy atom. The molecule has 2 heterocycles. The summed E-state index contributed by atoms with van der Waals surface area (Å²) in [5, 5.41) is 4.21. The number of benzene rings is 1. The third kappa shape index (κ3) is 4.51. The largest absolute Gasteiger partial charge is 0.368 e. The lowest BCUT2D eigenvalue weighted by Gasteiger charge is -2.24. The fourth-order valence-electron chi connectivity index (χ4n) is 3.08. The maximum atomic E-state index is 12.8. The van der Waals surface area contributed by atoms with E-state index in [1.807, 2.05) is 19.1 Å². The van der Waals surface area contributed by atoms with Crippen LogP contribution < -0.4 is 5.32 Å². The van der Waals surface area contributed by atoms with Gasteiger partial charge in [-0.15, -0.1) is 0 Å². The molecule has 0 saturated carbocycles. The van der Waals surface area contributed by atoms with E-state index in [-0.39, 0.29) is 18.1 Å². The Morgan fingerprint density at radius 1 is 1.21 bits per heavy atom. The second kappa shape index (κ2) is 9.17. The summed E-state index contributed by atoms with van der Waals surface area (Å²) in [4.78, 5) is 24.4. The highest BCUT2D eigenvalue weighted by atomic mass is 35.5. The van der Waals surface area contributed by atoms with E-state index in [0.717, 1.165) is 29.3 Å². The highest BCUT2D eigenvalue weighted by Gasteiger charge is 2.20. The van der Waals surface area contributed by atoms with Crippen LogP contribution in [0.4, 0.5) is 0 Å². The minimum Gasteiger partial charge on any atom is -0.368 e. The number of nitrogens with zero attached hydrogens (tertiary/aromatic N) is 2. The van der Waals surface area contributed by atoms with Crippen molar-refractivity contribution in [1.82, 2.24) is 20.3 Å². The van der Waals surface area contributed by atoms with Gasteiger partial charge in [0, 0.05) is 41.6 Å². The number of aromatic amines is 1. The Balaban J connectivity index is 1.76. The third-order valence-electron chi connectivity index (χ3n) is 4.80. The smallest absolute Gasteiger partial charge is 0.252 e. The molecule has 0 aliphatic carbocycles. The molecule has 3 aromatic rings. The van der Waals surface area contributed by atoms with Crippen molar-refractivity contribution in [3.63, 3.8) is 0 Å². The molecule has 7 heteroatoms. The van der Waals surface area contributed by atoms with E-state index in [4.69, 9.17) is 16.3 Å². The molecule has 1 aromatic carbocycles. The van der Waals surface area contributed by atoms with Crippen LogP contribution in [0.25, 0.3) is 10.9 Å². The fourth-order valence-corrected chi connectivity index (χ4v) is 3.39. The SMILES string of the molecule is CCC(CC)OC(CNC(=O)c1ccc2[nH]ccc2c1Cl)c1cnc(C)nc1. The summed E-state index contributed by atoms with van der Waals surface area (Å²) < 4.78 is 6.22. The van der Waals surface area contributed by atoms with Crippen LogP contribution in [-0.4, -0.2) is 33.5 Å². The zero-order valence-corrected chi connectivity index (χ0v) is 17.1. The number of halogens is 1. The summed E-state index contributed by atoms with van der Waals surface area (Å²) in [6.07, 6.45) is 6.86. The molecule has 0 radical (unpaired) electrons. The Morgan fingerprint density at radius 2 is 1.93 bits per heavy atom. The molecule has 3 rings (SSSR count). The number of amides is 1. The van der Waals surface area contributed by atoms with E-state index < -0.39 is 0 Å².